The van der Waals surface area contributed by atoms with Gasteiger partial charge in [0.15, 0.2) is 0 Å². The van der Waals surface area contributed by atoms with Gasteiger partial charge in [0.1, 0.15) is 23.9 Å². The third-order valence-electron chi connectivity index (χ3n) is 6.47. The Morgan fingerprint density at radius 2 is 1.70 bits per heavy atom. The van der Waals surface area contributed by atoms with Crippen molar-refractivity contribution >= 4 is 29.6 Å². The van der Waals surface area contributed by atoms with Crippen molar-refractivity contribution < 1.29 is 34.2 Å². The summed E-state index contributed by atoms with van der Waals surface area (Å²) in [6, 6.07) is 1.94. The highest BCUT2D eigenvalue weighted by atomic mass is 16.4. The van der Waals surface area contributed by atoms with Crippen LogP contribution < -0.4 is 27.0 Å². The number of phenols is 1. The number of primary amides is 1. The molecule has 12 nitrogen and oxygen atoms in total. The van der Waals surface area contributed by atoms with Crippen LogP contribution in [0.5, 0.6) is 5.75 Å². The average molecular weight is 520 g/mol. The molecule has 1 aromatic carbocycles. The van der Waals surface area contributed by atoms with Crippen molar-refractivity contribution in [3.05, 3.63) is 29.8 Å². The van der Waals surface area contributed by atoms with Crippen molar-refractivity contribution in [3.63, 3.8) is 0 Å². The van der Waals surface area contributed by atoms with E-state index in [0.717, 1.165) is 6.42 Å². The lowest BCUT2D eigenvalue weighted by Gasteiger charge is -2.28. The lowest BCUT2D eigenvalue weighted by atomic mass is 9.97. The minimum atomic E-state index is -1.33. The Labute approximate surface area is 215 Å². The first kappa shape index (κ1) is 29.6. The summed E-state index contributed by atoms with van der Waals surface area (Å²) in [4.78, 5) is 62.1. The van der Waals surface area contributed by atoms with Crippen molar-refractivity contribution in [2.45, 2.75) is 76.5 Å². The van der Waals surface area contributed by atoms with Crippen LogP contribution >= 0.6 is 0 Å². The number of aromatic hydroxyl groups is 1. The Bertz CT molecular complexity index is 963. The number of carbonyl (C=O) groups excluding carboxylic acids is 4. The van der Waals surface area contributed by atoms with Crippen molar-refractivity contribution in [1.82, 2.24) is 21.3 Å². The highest BCUT2D eigenvalue weighted by molar-refractivity contribution is 5.94. The second-order valence-electron chi connectivity index (χ2n) is 9.36. The predicted octanol–water partition coefficient (Wildman–Crippen LogP) is -0.463. The predicted molar refractivity (Wildman–Crippen MR) is 134 cm³/mol. The topological polar surface area (TPSA) is 200 Å². The van der Waals surface area contributed by atoms with E-state index >= 15 is 0 Å². The van der Waals surface area contributed by atoms with E-state index in [1.807, 2.05) is 6.92 Å². The number of carbonyl (C=O) groups is 5. The molecule has 204 valence electrons. The van der Waals surface area contributed by atoms with Gasteiger partial charge in [-0.2, -0.15) is 0 Å². The van der Waals surface area contributed by atoms with E-state index in [0.29, 0.717) is 24.9 Å². The zero-order valence-electron chi connectivity index (χ0n) is 21.2. The van der Waals surface area contributed by atoms with Gasteiger partial charge in [0.05, 0.1) is 6.04 Å². The number of aliphatic carboxylic acids is 1. The number of carboxylic acid groups (broad SMARTS) is 1. The molecular formula is C25H37N5O7. The molecule has 37 heavy (non-hydrogen) atoms. The summed E-state index contributed by atoms with van der Waals surface area (Å²) in [5, 5.41) is 29.9. The maximum absolute atomic E-state index is 13.2. The van der Waals surface area contributed by atoms with Gasteiger partial charge in [-0.3, -0.25) is 19.2 Å². The number of benzene rings is 1. The van der Waals surface area contributed by atoms with Crippen molar-refractivity contribution in [1.29, 1.82) is 0 Å². The standard InChI is InChI=1S/C25H37N5O7/c1-3-14(2)21(30-22(33)17-5-4-12-27-17)24(35)28-18(10-11-20(26)32)23(34)29-19(25(36)37)13-15-6-8-16(31)9-7-15/h6-9,14,17-19,21,27,31H,3-5,10-13H2,1-2H3,(H2,26,32)(H,28,35)(H,29,34)(H,30,33)(H,36,37). The molecule has 1 aliphatic heterocycles. The van der Waals surface area contributed by atoms with E-state index in [1.165, 1.54) is 24.3 Å². The molecular weight excluding hydrogens is 482 g/mol. The van der Waals surface area contributed by atoms with Gasteiger partial charge in [-0.05, 0) is 49.4 Å². The maximum atomic E-state index is 13.2. The zero-order valence-corrected chi connectivity index (χ0v) is 21.2. The third kappa shape index (κ3) is 9.37. The van der Waals surface area contributed by atoms with Gasteiger partial charge in [0, 0.05) is 12.8 Å². The number of hydrogen-bond acceptors (Lipinski definition) is 7. The normalized spacial score (nSPS) is 18.2. The average Bonchev–Trinajstić information content (AvgIpc) is 3.40. The Morgan fingerprint density at radius 1 is 1.05 bits per heavy atom. The number of carboxylic acids is 1. The third-order valence-corrected chi connectivity index (χ3v) is 6.47. The van der Waals surface area contributed by atoms with Gasteiger partial charge in [0.25, 0.3) is 0 Å². The van der Waals surface area contributed by atoms with Crippen LogP contribution in [-0.4, -0.2) is 70.5 Å². The molecule has 12 heteroatoms. The molecule has 0 radical (unpaired) electrons. The second kappa shape index (κ2) is 14.2. The molecule has 1 fully saturated rings. The van der Waals surface area contributed by atoms with Crippen LogP contribution in [0.3, 0.4) is 0 Å². The summed E-state index contributed by atoms with van der Waals surface area (Å²) in [7, 11) is 0. The number of rotatable bonds is 14. The quantitative estimate of drug-likeness (QED) is 0.171. The lowest BCUT2D eigenvalue weighted by Crippen LogP contribution is -2.58. The highest BCUT2D eigenvalue weighted by Crippen LogP contribution is 2.13. The van der Waals surface area contributed by atoms with Gasteiger partial charge in [-0.25, -0.2) is 4.79 Å². The summed E-state index contributed by atoms with van der Waals surface area (Å²) >= 11 is 0. The molecule has 0 aromatic heterocycles. The largest absolute Gasteiger partial charge is 0.508 e. The Balaban J connectivity index is 2.15. The first-order chi connectivity index (χ1) is 17.5. The van der Waals surface area contributed by atoms with Crippen LogP contribution in [0, 0.1) is 5.92 Å². The highest BCUT2D eigenvalue weighted by Gasteiger charge is 2.33. The molecule has 5 atom stereocenters. The summed E-state index contributed by atoms with van der Waals surface area (Å²) in [5.74, 6) is -3.95. The molecule has 4 amide bonds. The molecule has 1 aliphatic rings. The minimum Gasteiger partial charge on any atom is -0.508 e. The first-order valence-corrected chi connectivity index (χ1v) is 12.4. The van der Waals surface area contributed by atoms with Gasteiger partial charge in [-0.15, -0.1) is 0 Å². The molecule has 1 heterocycles. The van der Waals surface area contributed by atoms with Gasteiger partial charge in [-0.1, -0.05) is 32.4 Å². The number of amides is 4. The zero-order chi connectivity index (χ0) is 27.5. The van der Waals surface area contributed by atoms with E-state index in [9.17, 15) is 34.2 Å². The van der Waals surface area contributed by atoms with Gasteiger partial charge >= 0.3 is 5.97 Å². The van der Waals surface area contributed by atoms with Gasteiger partial charge < -0.3 is 37.2 Å². The van der Waals surface area contributed by atoms with Gasteiger partial charge in [0.2, 0.25) is 23.6 Å². The SMILES string of the molecule is CCC(C)C(NC(=O)C1CCCN1)C(=O)NC(CCC(N)=O)C(=O)NC(Cc1ccc(O)cc1)C(=O)O. The smallest absolute Gasteiger partial charge is 0.326 e. The summed E-state index contributed by atoms with van der Waals surface area (Å²) in [6.45, 7) is 4.37. The second-order valence-corrected chi connectivity index (χ2v) is 9.36. The molecule has 0 spiro atoms. The van der Waals surface area contributed by atoms with Crippen LogP contribution in [0.2, 0.25) is 0 Å². The molecule has 8 N–H and O–H groups in total. The van der Waals surface area contributed by atoms with Crippen LogP contribution in [-0.2, 0) is 30.4 Å². The van der Waals surface area contributed by atoms with Crippen LogP contribution in [0.1, 0.15) is 51.5 Å². The fourth-order valence-corrected chi connectivity index (χ4v) is 4.02. The lowest BCUT2D eigenvalue weighted by molar-refractivity contribution is -0.142. The van der Waals surface area contributed by atoms with E-state index < -0.39 is 47.9 Å². The molecule has 5 unspecified atom stereocenters. The Hall–Kier alpha value is -3.67. The van der Waals surface area contributed by atoms with E-state index in [-0.39, 0.29) is 36.8 Å². The molecule has 0 bridgehead atoms. The molecule has 1 saturated heterocycles. The first-order valence-electron chi connectivity index (χ1n) is 12.4. The Morgan fingerprint density at radius 3 is 2.24 bits per heavy atom. The number of nitrogens with two attached hydrogens (primary N) is 1. The number of nitrogens with one attached hydrogen (secondary N) is 4. The van der Waals surface area contributed by atoms with Crippen LogP contribution in [0.4, 0.5) is 0 Å². The van der Waals surface area contributed by atoms with Crippen LogP contribution in [0.15, 0.2) is 24.3 Å². The Kier molecular flexibility index (Phi) is 11.3. The molecule has 1 aromatic rings. The number of phenolic OH excluding ortho intramolecular Hbond substituents is 1. The van der Waals surface area contributed by atoms with Crippen molar-refractivity contribution in [3.8, 4) is 5.75 Å². The number of hydrogen-bond donors (Lipinski definition) is 7. The monoisotopic (exact) mass is 519 g/mol. The maximum Gasteiger partial charge on any atom is 0.326 e. The van der Waals surface area contributed by atoms with Crippen molar-refractivity contribution in [2.24, 2.45) is 11.7 Å². The molecule has 0 saturated carbocycles. The minimum absolute atomic E-state index is 0.0144. The van der Waals surface area contributed by atoms with E-state index in [1.54, 1.807) is 6.92 Å². The van der Waals surface area contributed by atoms with Crippen molar-refractivity contribution in [2.75, 3.05) is 6.54 Å². The van der Waals surface area contributed by atoms with Crippen LogP contribution in [0.25, 0.3) is 0 Å². The summed E-state index contributed by atoms with van der Waals surface area (Å²) in [5.41, 5.74) is 5.80. The van der Waals surface area contributed by atoms with E-state index in [4.69, 9.17) is 5.73 Å². The molecule has 0 aliphatic carbocycles. The summed E-state index contributed by atoms with van der Waals surface area (Å²) < 4.78 is 0. The summed E-state index contributed by atoms with van der Waals surface area (Å²) in [6.07, 6.45) is 1.63. The molecule has 2 rings (SSSR count). The van der Waals surface area contributed by atoms with E-state index in [2.05, 4.69) is 21.3 Å². The fraction of sp³-hybridized carbons (Fsp3) is 0.560. The fourth-order valence-electron chi connectivity index (χ4n) is 4.02.